The highest BCUT2D eigenvalue weighted by Crippen LogP contribution is 2.20. The van der Waals surface area contributed by atoms with Crippen LogP contribution in [-0.4, -0.2) is 38.3 Å². The number of methoxy groups -OCH3 is 1. The Balaban J connectivity index is 2.08. The lowest BCUT2D eigenvalue weighted by molar-refractivity contribution is 0.147. The van der Waals surface area contributed by atoms with Crippen molar-refractivity contribution in [3.63, 3.8) is 0 Å². The second-order valence-corrected chi connectivity index (χ2v) is 4.84. The first-order valence-corrected chi connectivity index (χ1v) is 6.86. The van der Waals surface area contributed by atoms with Gasteiger partial charge >= 0.3 is 0 Å². The maximum absolute atomic E-state index is 5.17. The lowest BCUT2D eigenvalue weighted by Crippen LogP contribution is -2.29. The van der Waals surface area contributed by atoms with Crippen LogP contribution in [0.25, 0.3) is 0 Å². The summed E-state index contributed by atoms with van der Waals surface area (Å²) in [6.45, 7) is 8.28. The molecule has 0 unspecified atom stereocenters. The van der Waals surface area contributed by atoms with E-state index in [1.54, 1.807) is 12.7 Å². The first-order chi connectivity index (χ1) is 8.85. The van der Waals surface area contributed by atoms with Crippen LogP contribution in [0.2, 0.25) is 0 Å². The van der Waals surface area contributed by atoms with E-state index in [1.165, 1.54) is 11.1 Å². The SMILES string of the molecule is CCN(CCOC)Cc1cccc2c1CCNC2. The molecule has 1 heterocycles. The van der Waals surface area contributed by atoms with E-state index in [-0.39, 0.29) is 0 Å². The van der Waals surface area contributed by atoms with E-state index in [4.69, 9.17) is 4.74 Å². The van der Waals surface area contributed by atoms with E-state index in [0.29, 0.717) is 0 Å². The average Bonchev–Trinajstić information content (AvgIpc) is 2.43. The van der Waals surface area contributed by atoms with E-state index in [2.05, 4.69) is 35.3 Å². The smallest absolute Gasteiger partial charge is 0.0589 e. The highest BCUT2D eigenvalue weighted by atomic mass is 16.5. The van der Waals surface area contributed by atoms with Crippen molar-refractivity contribution in [1.29, 1.82) is 0 Å². The van der Waals surface area contributed by atoms with Crippen LogP contribution in [-0.2, 0) is 24.2 Å². The van der Waals surface area contributed by atoms with Crippen molar-refractivity contribution in [3.8, 4) is 0 Å². The number of benzene rings is 1. The summed E-state index contributed by atoms with van der Waals surface area (Å²) >= 11 is 0. The fraction of sp³-hybridized carbons (Fsp3) is 0.600. The van der Waals surface area contributed by atoms with Crippen molar-refractivity contribution < 1.29 is 4.74 Å². The average molecular weight is 248 g/mol. The molecule has 0 atom stereocenters. The van der Waals surface area contributed by atoms with E-state index in [1.807, 2.05) is 0 Å². The Labute approximate surface area is 110 Å². The minimum atomic E-state index is 0.810. The number of nitrogens with zero attached hydrogens (tertiary/aromatic N) is 1. The Kier molecular flexibility index (Phi) is 5.17. The third-order valence-corrected chi connectivity index (χ3v) is 3.69. The van der Waals surface area contributed by atoms with Crippen LogP contribution < -0.4 is 5.32 Å². The summed E-state index contributed by atoms with van der Waals surface area (Å²) in [6.07, 6.45) is 1.16. The number of likely N-dealkylation sites (N-methyl/N-ethyl adjacent to an activating group) is 1. The summed E-state index contributed by atoms with van der Waals surface area (Å²) in [5.74, 6) is 0. The molecule has 0 spiro atoms. The topological polar surface area (TPSA) is 24.5 Å². The molecule has 1 aliphatic heterocycles. The monoisotopic (exact) mass is 248 g/mol. The second-order valence-electron chi connectivity index (χ2n) is 4.84. The molecule has 1 aromatic rings. The second kappa shape index (κ2) is 6.88. The highest BCUT2D eigenvalue weighted by Gasteiger charge is 2.13. The van der Waals surface area contributed by atoms with Crippen molar-refractivity contribution in [1.82, 2.24) is 10.2 Å². The maximum Gasteiger partial charge on any atom is 0.0589 e. The molecule has 0 fully saturated rings. The van der Waals surface area contributed by atoms with Gasteiger partial charge in [0, 0.05) is 26.7 Å². The Hall–Kier alpha value is -0.900. The van der Waals surface area contributed by atoms with E-state index < -0.39 is 0 Å². The van der Waals surface area contributed by atoms with Gasteiger partial charge in [-0.15, -0.1) is 0 Å². The summed E-state index contributed by atoms with van der Waals surface area (Å²) in [4.78, 5) is 2.45. The minimum absolute atomic E-state index is 0.810. The molecule has 0 aliphatic carbocycles. The van der Waals surface area contributed by atoms with Gasteiger partial charge in [-0.25, -0.2) is 0 Å². The van der Waals surface area contributed by atoms with Gasteiger partial charge in [0.2, 0.25) is 0 Å². The molecule has 0 aromatic heterocycles. The summed E-state index contributed by atoms with van der Waals surface area (Å²) in [5.41, 5.74) is 4.53. The van der Waals surface area contributed by atoms with Gasteiger partial charge in [0.25, 0.3) is 0 Å². The molecule has 1 N–H and O–H groups in total. The van der Waals surface area contributed by atoms with Crippen LogP contribution in [0.3, 0.4) is 0 Å². The molecule has 0 bridgehead atoms. The molecule has 0 saturated carbocycles. The largest absolute Gasteiger partial charge is 0.383 e. The van der Waals surface area contributed by atoms with Crippen molar-refractivity contribution in [2.24, 2.45) is 0 Å². The van der Waals surface area contributed by atoms with E-state index in [0.717, 1.165) is 45.8 Å². The van der Waals surface area contributed by atoms with Gasteiger partial charge in [-0.2, -0.15) is 0 Å². The summed E-state index contributed by atoms with van der Waals surface area (Å²) < 4.78 is 5.17. The summed E-state index contributed by atoms with van der Waals surface area (Å²) in [5, 5.41) is 3.44. The lowest BCUT2D eigenvalue weighted by Gasteiger charge is -2.25. The third kappa shape index (κ3) is 3.31. The zero-order valence-corrected chi connectivity index (χ0v) is 11.5. The van der Waals surface area contributed by atoms with Gasteiger partial charge in [-0.3, -0.25) is 4.90 Å². The third-order valence-electron chi connectivity index (χ3n) is 3.69. The molecular weight excluding hydrogens is 224 g/mol. The van der Waals surface area contributed by atoms with Crippen LogP contribution in [0.15, 0.2) is 18.2 Å². The number of nitrogens with one attached hydrogen (secondary N) is 1. The van der Waals surface area contributed by atoms with Crippen molar-refractivity contribution in [3.05, 3.63) is 34.9 Å². The van der Waals surface area contributed by atoms with Crippen molar-refractivity contribution in [2.75, 3.05) is 33.4 Å². The number of hydrogen-bond acceptors (Lipinski definition) is 3. The maximum atomic E-state index is 5.17. The van der Waals surface area contributed by atoms with Crippen LogP contribution in [0.5, 0.6) is 0 Å². The van der Waals surface area contributed by atoms with Gasteiger partial charge in [0.15, 0.2) is 0 Å². The lowest BCUT2D eigenvalue weighted by atomic mass is 9.95. The molecule has 1 aliphatic rings. The van der Waals surface area contributed by atoms with Gasteiger partial charge in [-0.05, 0) is 36.2 Å². The van der Waals surface area contributed by atoms with Crippen LogP contribution in [0.4, 0.5) is 0 Å². The Morgan fingerprint density at radius 1 is 1.39 bits per heavy atom. The molecule has 1 aromatic carbocycles. The number of fused-ring (bicyclic) bond motifs is 1. The molecule has 2 rings (SSSR count). The standard InChI is InChI=1S/C15H24N2O/c1-3-17(9-10-18-2)12-14-6-4-5-13-11-16-8-7-15(13)14/h4-6,16H,3,7-12H2,1-2H3. The van der Waals surface area contributed by atoms with Crippen molar-refractivity contribution >= 4 is 0 Å². The van der Waals surface area contributed by atoms with Crippen LogP contribution in [0, 0.1) is 0 Å². The number of hydrogen-bond donors (Lipinski definition) is 1. The molecule has 0 radical (unpaired) electrons. The molecular formula is C15H24N2O. The van der Waals surface area contributed by atoms with Crippen molar-refractivity contribution in [2.45, 2.75) is 26.4 Å². The molecule has 100 valence electrons. The van der Waals surface area contributed by atoms with E-state index >= 15 is 0 Å². The zero-order chi connectivity index (χ0) is 12.8. The predicted molar refractivity (Wildman–Crippen MR) is 74.7 cm³/mol. The number of rotatable bonds is 6. The van der Waals surface area contributed by atoms with Crippen LogP contribution in [0.1, 0.15) is 23.6 Å². The molecule has 18 heavy (non-hydrogen) atoms. The van der Waals surface area contributed by atoms with Gasteiger partial charge in [-0.1, -0.05) is 25.1 Å². The predicted octanol–water partition coefficient (Wildman–Crippen LogP) is 1.80. The normalized spacial score (nSPS) is 14.8. The summed E-state index contributed by atoms with van der Waals surface area (Å²) in [7, 11) is 1.77. The Bertz CT molecular complexity index is 379. The molecule has 0 saturated heterocycles. The Morgan fingerprint density at radius 3 is 3.06 bits per heavy atom. The quantitative estimate of drug-likeness (QED) is 0.831. The Morgan fingerprint density at radius 2 is 2.28 bits per heavy atom. The molecule has 3 nitrogen and oxygen atoms in total. The summed E-state index contributed by atoms with van der Waals surface area (Å²) in [6, 6.07) is 6.71. The fourth-order valence-corrected chi connectivity index (χ4v) is 2.57. The zero-order valence-electron chi connectivity index (χ0n) is 11.5. The van der Waals surface area contributed by atoms with Gasteiger partial charge < -0.3 is 10.1 Å². The first-order valence-electron chi connectivity index (χ1n) is 6.86. The van der Waals surface area contributed by atoms with Crippen LogP contribution >= 0.6 is 0 Å². The van der Waals surface area contributed by atoms with E-state index in [9.17, 15) is 0 Å². The fourth-order valence-electron chi connectivity index (χ4n) is 2.57. The van der Waals surface area contributed by atoms with Gasteiger partial charge in [0.05, 0.1) is 6.61 Å². The van der Waals surface area contributed by atoms with Gasteiger partial charge in [0.1, 0.15) is 0 Å². The number of ether oxygens (including phenoxy) is 1. The minimum Gasteiger partial charge on any atom is -0.383 e. The highest BCUT2D eigenvalue weighted by molar-refractivity contribution is 5.37. The molecule has 0 amide bonds. The first kappa shape index (κ1) is 13.5. The molecule has 3 heteroatoms.